The van der Waals surface area contributed by atoms with Crippen LogP contribution in [0.15, 0.2) is 72.8 Å². The Labute approximate surface area is 304 Å². The molecule has 3 amide bonds. The van der Waals surface area contributed by atoms with Crippen molar-refractivity contribution in [3.63, 3.8) is 0 Å². The predicted octanol–water partition coefficient (Wildman–Crippen LogP) is 3.42. The molecular formula is C39H51N3O10. The molecule has 0 fully saturated rings. The van der Waals surface area contributed by atoms with Crippen LogP contribution in [0.1, 0.15) is 87.9 Å². The molecule has 5 N–H and O–H groups in total. The summed E-state index contributed by atoms with van der Waals surface area (Å²) in [7, 11) is 0. The molecule has 0 aliphatic heterocycles. The average molecular weight is 722 g/mol. The Hall–Kier alpha value is -5.14. The molecule has 0 aliphatic carbocycles. The van der Waals surface area contributed by atoms with Gasteiger partial charge in [-0.1, -0.05) is 12.7 Å². The number of nitrogens with one attached hydrogen (secondary N) is 3. The minimum atomic E-state index is -1.80. The molecule has 2 aromatic rings. The van der Waals surface area contributed by atoms with Gasteiger partial charge >= 0.3 is 0 Å². The lowest BCUT2D eigenvalue weighted by atomic mass is 9.91. The molecular weight excluding hydrogens is 670 g/mol. The molecule has 0 spiro atoms. The number of aliphatic hydroxyl groups is 2. The summed E-state index contributed by atoms with van der Waals surface area (Å²) in [6.45, 7) is 12.9. The van der Waals surface area contributed by atoms with Gasteiger partial charge in [0.15, 0.2) is 17.3 Å². The maximum absolute atomic E-state index is 12.9. The van der Waals surface area contributed by atoms with E-state index in [-0.39, 0.29) is 55.2 Å². The molecule has 13 nitrogen and oxygen atoms in total. The van der Waals surface area contributed by atoms with Crippen LogP contribution in [0.25, 0.3) is 0 Å². The van der Waals surface area contributed by atoms with Gasteiger partial charge in [0.25, 0.3) is 0 Å². The number of amides is 3. The zero-order valence-corrected chi connectivity index (χ0v) is 30.8. The van der Waals surface area contributed by atoms with Crippen LogP contribution in [-0.2, 0) is 19.2 Å². The minimum Gasteiger partial charge on any atom is -0.494 e. The number of carbonyl (C=O) groups excluding carboxylic acids is 6. The van der Waals surface area contributed by atoms with E-state index in [1.807, 2.05) is 0 Å². The van der Waals surface area contributed by atoms with Gasteiger partial charge in [0.2, 0.25) is 17.7 Å². The van der Waals surface area contributed by atoms with Gasteiger partial charge in [0.1, 0.15) is 34.8 Å². The number of hydrogen-bond acceptors (Lipinski definition) is 10. The van der Waals surface area contributed by atoms with Crippen molar-refractivity contribution in [1.29, 1.82) is 0 Å². The first-order valence-electron chi connectivity index (χ1n) is 17.0. The molecule has 13 heteroatoms. The lowest BCUT2D eigenvalue weighted by Gasteiger charge is -2.25. The number of ether oxygens (including phenoxy) is 2. The van der Waals surface area contributed by atoms with Crippen molar-refractivity contribution < 1.29 is 48.5 Å². The summed E-state index contributed by atoms with van der Waals surface area (Å²) in [5.74, 6) is -1.47. The smallest absolute Gasteiger partial charge is 0.247 e. The SMILES string of the molecule is C=C(C)C(=O)NC(C)(C)C(=O)NCCOc1ccc(C(=O)C(C)(O)C/C=C\C(=O)NCC(=O)CCCCOc2ccc(C(=O)C(C)(C)O)cc2)cc1. The Balaban J connectivity index is 1.67. The fourth-order valence-corrected chi connectivity index (χ4v) is 4.51. The highest BCUT2D eigenvalue weighted by Gasteiger charge is 2.31. The summed E-state index contributed by atoms with van der Waals surface area (Å²) >= 11 is 0. The Morgan fingerprint density at radius 3 is 1.85 bits per heavy atom. The molecule has 52 heavy (non-hydrogen) atoms. The van der Waals surface area contributed by atoms with Gasteiger partial charge < -0.3 is 35.6 Å². The lowest BCUT2D eigenvalue weighted by molar-refractivity contribution is -0.131. The minimum absolute atomic E-state index is 0.127. The second-order valence-corrected chi connectivity index (χ2v) is 13.7. The van der Waals surface area contributed by atoms with Crippen LogP contribution in [0.4, 0.5) is 0 Å². The fraction of sp³-hybridized carbons (Fsp3) is 0.436. The Bertz CT molecular complexity index is 1620. The number of unbranched alkanes of at least 4 members (excludes halogenated alkanes) is 1. The van der Waals surface area contributed by atoms with Crippen molar-refractivity contribution in [3.8, 4) is 11.5 Å². The largest absolute Gasteiger partial charge is 0.494 e. The molecule has 0 radical (unpaired) electrons. The van der Waals surface area contributed by atoms with Crippen molar-refractivity contribution in [1.82, 2.24) is 16.0 Å². The van der Waals surface area contributed by atoms with Crippen LogP contribution in [0.3, 0.4) is 0 Å². The summed E-state index contributed by atoms with van der Waals surface area (Å²) in [4.78, 5) is 73.7. The van der Waals surface area contributed by atoms with Gasteiger partial charge in [-0.2, -0.15) is 0 Å². The molecule has 282 valence electrons. The quantitative estimate of drug-likeness (QED) is 0.0683. The number of rotatable bonds is 22. The van der Waals surface area contributed by atoms with Gasteiger partial charge in [-0.25, -0.2) is 0 Å². The monoisotopic (exact) mass is 721 g/mol. The number of benzene rings is 2. The van der Waals surface area contributed by atoms with E-state index in [9.17, 15) is 39.0 Å². The zero-order chi connectivity index (χ0) is 39.1. The summed E-state index contributed by atoms with van der Waals surface area (Å²) in [6, 6.07) is 12.6. The second-order valence-electron chi connectivity index (χ2n) is 13.7. The van der Waals surface area contributed by atoms with Gasteiger partial charge in [-0.3, -0.25) is 28.8 Å². The predicted molar refractivity (Wildman–Crippen MR) is 195 cm³/mol. The van der Waals surface area contributed by atoms with Gasteiger partial charge in [0.05, 0.1) is 19.7 Å². The standard InChI is InChI=1S/C39H51N3O10/c1-26(2)35(47)42-37(3,4)36(48)40-22-24-52-31-19-15-28(16-20-31)34(46)39(7,50)21-10-12-32(44)41-25-29(43)11-8-9-23-51-30-17-13-27(14-18-30)33(45)38(5,6)49/h10,12-20,49-50H,1,8-9,11,21-25H2,2-7H3,(H,40,48)(H,41,44)(H,42,47)/b12-10-. The van der Waals surface area contributed by atoms with E-state index in [0.717, 1.165) is 6.08 Å². The van der Waals surface area contributed by atoms with E-state index in [0.29, 0.717) is 36.5 Å². The highest BCUT2D eigenvalue weighted by Crippen LogP contribution is 2.21. The molecule has 0 aromatic heterocycles. The number of Topliss-reactive ketones (excluding diaryl/α,β-unsaturated/α-hetero) is 3. The van der Waals surface area contributed by atoms with Crippen molar-refractivity contribution in [2.75, 3.05) is 26.3 Å². The van der Waals surface area contributed by atoms with E-state index >= 15 is 0 Å². The Morgan fingerprint density at radius 1 is 0.769 bits per heavy atom. The molecule has 0 aliphatic rings. The van der Waals surface area contributed by atoms with Crippen molar-refractivity contribution in [2.45, 2.75) is 84.0 Å². The molecule has 0 saturated carbocycles. The number of carbonyl (C=O) groups is 6. The lowest BCUT2D eigenvalue weighted by Crippen LogP contribution is -2.55. The maximum Gasteiger partial charge on any atom is 0.247 e. The van der Waals surface area contributed by atoms with Gasteiger partial charge in [0, 0.05) is 29.5 Å². The van der Waals surface area contributed by atoms with Crippen LogP contribution in [-0.4, -0.2) is 88.3 Å². The van der Waals surface area contributed by atoms with Crippen LogP contribution in [0.2, 0.25) is 0 Å². The first kappa shape index (κ1) is 43.0. The highest BCUT2D eigenvalue weighted by molar-refractivity contribution is 6.03. The van der Waals surface area contributed by atoms with Gasteiger partial charge in [-0.05, 0) is 109 Å². The van der Waals surface area contributed by atoms with E-state index in [2.05, 4.69) is 22.5 Å². The molecule has 2 aromatic carbocycles. The third-order valence-electron chi connectivity index (χ3n) is 7.68. The van der Waals surface area contributed by atoms with E-state index < -0.39 is 40.2 Å². The van der Waals surface area contributed by atoms with Crippen molar-refractivity contribution >= 4 is 35.1 Å². The summed E-state index contributed by atoms with van der Waals surface area (Å²) in [6.07, 6.45) is 3.76. The Morgan fingerprint density at radius 2 is 1.31 bits per heavy atom. The first-order valence-corrected chi connectivity index (χ1v) is 17.0. The second kappa shape index (κ2) is 19.5. The maximum atomic E-state index is 12.9. The van der Waals surface area contributed by atoms with E-state index in [4.69, 9.17) is 9.47 Å². The molecule has 0 bridgehead atoms. The highest BCUT2D eigenvalue weighted by atomic mass is 16.5. The van der Waals surface area contributed by atoms with Crippen molar-refractivity contribution in [3.05, 3.63) is 84.0 Å². The molecule has 2 rings (SSSR count). The zero-order valence-electron chi connectivity index (χ0n) is 30.8. The molecule has 0 saturated heterocycles. The van der Waals surface area contributed by atoms with E-state index in [1.54, 1.807) is 57.2 Å². The molecule has 1 atom stereocenters. The number of hydrogen-bond donors (Lipinski definition) is 5. The topological polar surface area (TPSA) is 197 Å². The fourth-order valence-electron chi connectivity index (χ4n) is 4.51. The van der Waals surface area contributed by atoms with Crippen LogP contribution < -0.4 is 25.4 Å². The summed E-state index contributed by atoms with van der Waals surface area (Å²) in [5, 5.41) is 28.4. The van der Waals surface area contributed by atoms with Crippen LogP contribution in [0.5, 0.6) is 11.5 Å². The third kappa shape index (κ3) is 14.6. The average Bonchev–Trinajstić information content (AvgIpc) is 3.08. The molecule has 1 unspecified atom stereocenters. The molecule has 0 heterocycles. The normalized spacial score (nSPS) is 12.7. The first-order chi connectivity index (χ1) is 24.2. The van der Waals surface area contributed by atoms with Gasteiger partial charge in [-0.15, -0.1) is 0 Å². The van der Waals surface area contributed by atoms with Crippen LogP contribution in [0, 0.1) is 0 Å². The van der Waals surface area contributed by atoms with Crippen molar-refractivity contribution in [2.24, 2.45) is 0 Å². The Kier molecular flexibility index (Phi) is 16.1. The number of ketones is 3. The summed E-state index contributed by atoms with van der Waals surface area (Å²) < 4.78 is 11.3. The summed E-state index contributed by atoms with van der Waals surface area (Å²) in [5.41, 5.74) is -3.51. The van der Waals surface area contributed by atoms with E-state index in [1.165, 1.54) is 39.0 Å². The van der Waals surface area contributed by atoms with Crippen LogP contribution >= 0.6 is 0 Å². The third-order valence-corrected chi connectivity index (χ3v) is 7.68.